The normalized spacial score (nSPS) is 22.6. The minimum absolute atomic E-state index is 0.190. The Morgan fingerprint density at radius 3 is 2.77 bits per heavy atom. The highest BCUT2D eigenvalue weighted by Gasteiger charge is 2.57. The van der Waals surface area contributed by atoms with Crippen LogP contribution in [0.2, 0.25) is 0 Å². The first-order chi connectivity index (χ1) is 10.4. The monoisotopic (exact) mass is 321 g/mol. The number of nitrogens with zero attached hydrogens (tertiary/aromatic N) is 1. The number of carbonyl (C=O) groups is 2. The van der Waals surface area contributed by atoms with Crippen molar-refractivity contribution in [3.8, 4) is 0 Å². The van der Waals surface area contributed by atoms with Gasteiger partial charge in [0.2, 0.25) is 15.9 Å². The van der Waals surface area contributed by atoms with Crippen molar-refractivity contribution in [2.75, 3.05) is 12.9 Å². The van der Waals surface area contributed by atoms with Gasteiger partial charge in [0.05, 0.1) is 19.1 Å². The van der Waals surface area contributed by atoms with E-state index in [0.717, 1.165) is 22.5 Å². The molecule has 2 atom stereocenters. The van der Waals surface area contributed by atoms with Crippen LogP contribution in [0.5, 0.6) is 0 Å². The fourth-order valence-electron chi connectivity index (χ4n) is 3.11. The molecule has 1 saturated heterocycles. The van der Waals surface area contributed by atoms with Crippen molar-refractivity contribution in [1.82, 2.24) is 4.31 Å². The molecule has 0 bridgehead atoms. The Kier molecular flexibility index (Phi) is 3.32. The lowest BCUT2D eigenvalue weighted by Gasteiger charge is -2.42. The van der Waals surface area contributed by atoms with E-state index in [2.05, 4.69) is 11.3 Å². The van der Waals surface area contributed by atoms with Crippen molar-refractivity contribution in [2.45, 2.75) is 12.5 Å². The number of hydrogen-bond donors (Lipinski definition) is 0. The van der Waals surface area contributed by atoms with Gasteiger partial charge < -0.3 is 4.74 Å². The molecule has 0 N–H and O–H groups in total. The summed E-state index contributed by atoms with van der Waals surface area (Å²) in [4.78, 5) is 23.5. The molecule has 1 aliphatic carbocycles. The highest BCUT2D eigenvalue weighted by atomic mass is 32.2. The van der Waals surface area contributed by atoms with Gasteiger partial charge in [0, 0.05) is 5.57 Å². The molecule has 6 nitrogen and oxygen atoms in total. The maximum absolute atomic E-state index is 12.4. The molecule has 0 radical (unpaired) electrons. The largest absolute Gasteiger partial charge is 0.466 e. The van der Waals surface area contributed by atoms with Crippen molar-refractivity contribution < 1.29 is 22.7 Å². The van der Waals surface area contributed by atoms with Crippen LogP contribution in [0.1, 0.15) is 17.2 Å². The summed E-state index contributed by atoms with van der Waals surface area (Å²) >= 11 is 0. The summed E-state index contributed by atoms with van der Waals surface area (Å²) in [6, 6.07) is 6.97. The number of esters is 1. The summed E-state index contributed by atoms with van der Waals surface area (Å²) in [5.74, 6) is -2.14. The van der Waals surface area contributed by atoms with E-state index in [1.54, 1.807) is 0 Å². The van der Waals surface area contributed by atoms with E-state index in [1.165, 1.54) is 0 Å². The maximum atomic E-state index is 12.4. The van der Waals surface area contributed by atoms with Crippen molar-refractivity contribution in [3.63, 3.8) is 0 Å². The first-order valence-electron chi connectivity index (χ1n) is 6.76. The van der Waals surface area contributed by atoms with Crippen LogP contribution in [0, 0.1) is 5.92 Å². The molecule has 1 aliphatic heterocycles. The van der Waals surface area contributed by atoms with Gasteiger partial charge in [-0.05, 0) is 17.5 Å². The maximum Gasteiger partial charge on any atom is 0.334 e. The van der Waals surface area contributed by atoms with Gasteiger partial charge in [0.15, 0.2) is 0 Å². The summed E-state index contributed by atoms with van der Waals surface area (Å²) in [6.45, 7) is 3.41. The van der Waals surface area contributed by atoms with Crippen LogP contribution >= 0.6 is 0 Å². The van der Waals surface area contributed by atoms with E-state index in [1.807, 2.05) is 24.3 Å². The Morgan fingerprint density at radius 1 is 1.41 bits per heavy atom. The number of sulfonamides is 1. The highest BCUT2D eigenvalue weighted by molar-refractivity contribution is 7.90. The molecule has 22 heavy (non-hydrogen) atoms. The zero-order valence-electron chi connectivity index (χ0n) is 12.0. The first-order valence-corrected chi connectivity index (χ1v) is 8.37. The lowest BCUT2D eigenvalue weighted by atomic mass is 9.91. The fraction of sp³-hybridized carbons (Fsp3) is 0.333. The zero-order chi connectivity index (χ0) is 16.1. The SMILES string of the molecule is C=C(CS(=O)(=O)N1C(=O)C2Cc3ccccc3C21)C(=O)OC. The molecule has 0 saturated carbocycles. The number of methoxy groups -OCH3 is 1. The van der Waals surface area contributed by atoms with Gasteiger partial charge >= 0.3 is 5.97 Å². The standard InChI is InChI=1S/C15H15NO5S/c1-9(15(18)21-2)8-22(19,20)16-13-11-6-4-3-5-10(11)7-12(13)14(16)17/h3-6,12-13H,1,7-8H2,2H3. The zero-order valence-corrected chi connectivity index (χ0v) is 12.8. The predicted molar refractivity (Wildman–Crippen MR) is 78.2 cm³/mol. The Balaban J connectivity index is 1.88. The molecule has 1 aromatic rings. The number of carbonyl (C=O) groups excluding carboxylic acids is 2. The van der Waals surface area contributed by atoms with Crippen molar-refractivity contribution in [1.29, 1.82) is 0 Å². The molecule has 1 fully saturated rings. The quantitative estimate of drug-likeness (QED) is 0.465. The summed E-state index contributed by atoms with van der Waals surface area (Å²) in [5.41, 5.74) is 1.67. The second-order valence-corrected chi connectivity index (χ2v) is 7.29. The van der Waals surface area contributed by atoms with Crippen LogP contribution in [0.3, 0.4) is 0 Å². The third-order valence-corrected chi connectivity index (χ3v) is 5.83. The molecule has 0 aromatic heterocycles. The average Bonchev–Trinajstić information content (AvgIpc) is 2.80. The van der Waals surface area contributed by atoms with Crippen LogP contribution in [0.4, 0.5) is 0 Å². The van der Waals surface area contributed by atoms with E-state index in [9.17, 15) is 18.0 Å². The number of β-lactam (4-membered cyclic amide) rings is 1. The van der Waals surface area contributed by atoms with Crippen LogP contribution in [0.25, 0.3) is 0 Å². The number of fused-ring (bicyclic) bond motifs is 3. The molecule has 3 rings (SSSR count). The molecule has 1 heterocycles. The van der Waals surface area contributed by atoms with E-state index in [0.29, 0.717) is 6.42 Å². The van der Waals surface area contributed by atoms with Gasteiger partial charge in [0.1, 0.15) is 5.75 Å². The van der Waals surface area contributed by atoms with Crippen molar-refractivity contribution in [2.24, 2.45) is 5.92 Å². The number of rotatable bonds is 4. The summed E-state index contributed by atoms with van der Waals surface area (Å²) in [7, 11) is -2.79. The minimum atomic E-state index is -3.94. The van der Waals surface area contributed by atoms with E-state index in [4.69, 9.17) is 0 Å². The summed E-state index contributed by atoms with van der Waals surface area (Å²) < 4.78 is 30.2. The number of hydrogen-bond acceptors (Lipinski definition) is 5. The third kappa shape index (κ3) is 2.04. The average molecular weight is 321 g/mol. The molecular weight excluding hydrogens is 306 g/mol. The van der Waals surface area contributed by atoms with Gasteiger partial charge in [-0.25, -0.2) is 17.5 Å². The van der Waals surface area contributed by atoms with Crippen LogP contribution in [0.15, 0.2) is 36.4 Å². The lowest BCUT2D eigenvalue weighted by Crippen LogP contribution is -2.56. The van der Waals surface area contributed by atoms with Crippen LogP contribution in [-0.2, 0) is 30.8 Å². The van der Waals surface area contributed by atoms with E-state index >= 15 is 0 Å². The molecule has 116 valence electrons. The molecule has 0 spiro atoms. The van der Waals surface area contributed by atoms with E-state index in [-0.39, 0.29) is 11.5 Å². The Bertz CT molecular complexity index is 783. The van der Waals surface area contributed by atoms with Gasteiger partial charge in [-0.1, -0.05) is 30.8 Å². The number of benzene rings is 1. The molecule has 2 aliphatic rings. The third-order valence-electron chi connectivity index (χ3n) is 4.11. The second kappa shape index (κ2) is 4.95. The van der Waals surface area contributed by atoms with Crippen molar-refractivity contribution >= 4 is 21.9 Å². The fourth-order valence-corrected chi connectivity index (χ4v) is 4.82. The van der Waals surface area contributed by atoms with Gasteiger partial charge in [-0.2, -0.15) is 0 Å². The predicted octanol–water partition coefficient (Wildman–Crippen LogP) is 0.801. The Labute approximate surface area is 128 Å². The Hall–Kier alpha value is -2.15. The summed E-state index contributed by atoms with van der Waals surface area (Å²) in [6.07, 6.45) is 0.559. The molecule has 7 heteroatoms. The molecular formula is C15H15NO5S. The van der Waals surface area contributed by atoms with Gasteiger partial charge in [0.25, 0.3) is 0 Å². The first kappa shape index (κ1) is 14.8. The molecule has 1 aromatic carbocycles. The summed E-state index contributed by atoms with van der Waals surface area (Å²) in [5, 5.41) is 0. The van der Waals surface area contributed by atoms with Crippen LogP contribution < -0.4 is 0 Å². The minimum Gasteiger partial charge on any atom is -0.466 e. The Morgan fingerprint density at radius 2 is 2.09 bits per heavy atom. The molecule has 1 amide bonds. The lowest BCUT2D eigenvalue weighted by molar-refractivity contribution is -0.145. The van der Waals surface area contributed by atoms with Crippen LogP contribution in [-0.4, -0.2) is 37.5 Å². The topological polar surface area (TPSA) is 80.8 Å². The van der Waals surface area contributed by atoms with Gasteiger partial charge in [-0.15, -0.1) is 0 Å². The highest BCUT2D eigenvalue weighted by Crippen LogP contribution is 2.50. The number of ether oxygens (including phenoxy) is 1. The number of amides is 1. The smallest absolute Gasteiger partial charge is 0.334 e. The van der Waals surface area contributed by atoms with E-state index < -0.39 is 33.7 Å². The van der Waals surface area contributed by atoms with Crippen molar-refractivity contribution in [3.05, 3.63) is 47.5 Å². The second-order valence-electron chi connectivity index (χ2n) is 5.44. The van der Waals surface area contributed by atoms with Gasteiger partial charge in [-0.3, -0.25) is 4.79 Å². The molecule has 2 unspecified atom stereocenters.